The van der Waals surface area contributed by atoms with Gasteiger partial charge in [0.05, 0.1) is 13.2 Å². The molecule has 3 N–H and O–H groups in total. The van der Waals surface area contributed by atoms with Gasteiger partial charge in [-0.05, 0) is 55.5 Å². The van der Waals surface area contributed by atoms with Gasteiger partial charge in [0.1, 0.15) is 11.5 Å². The maximum atomic E-state index is 9.36. The van der Waals surface area contributed by atoms with Crippen molar-refractivity contribution in [3.05, 3.63) is 59.2 Å². The van der Waals surface area contributed by atoms with E-state index < -0.39 is 0 Å². The fourth-order valence-electron chi connectivity index (χ4n) is 3.43. The highest BCUT2D eigenvalue weighted by Gasteiger charge is 2.17. The summed E-state index contributed by atoms with van der Waals surface area (Å²) in [6.07, 6.45) is 3.00. The van der Waals surface area contributed by atoms with Gasteiger partial charge in [-0.15, -0.1) is 24.0 Å². The van der Waals surface area contributed by atoms with Crippen molar-refractivity contribution in [3.8, 4) is 11.5 Å². The van der Waals surface area contributed by atoms with Crippen LogP contribution in [0.15, 0.2) is 47.5 Å². The zero-order chi connectivity index (χ0) is 21.2. The third-order valence-corrected chi connectivity index (χ3v) is 5.26. The number of phenols is 1. The number of halogens is 1. The summed E-state index contributed by atoms with van der Waals surface area (Å²) in [6, 6.07) is 13.7. The summed E-state index contributed by atoms with van der Waals surface area (Å²) in [4.78, 5) is 4.32. The SMILES string of the molecule is CN=C(NCCCc1ccc(O)cc1)NCc1ccc(C)cc1OCC1CCOC1.I. The van der Waals surface area contributed by atoms with Crippen LogP contribution in [0.1, 0.15) is 29.5 Å². The molecule has 3 rings (SSSR count). The van der Waals surface area contributed by atoms with Gasteiger partial charge in [0.15, 0.2) is 5.96 Å². The zero-order valence-electron chi connectivity index (χ0n) is 18.4. The Hall–Kier alpha value is -2.00. The molecular weight excluding hydrogens is 505 g/mol. The molecule has 170 valence electrons. The first-order chi connectivity index (χ1) is 14.6. The number of aliphatic imine (C=N–C) groups is 1. The molecule has 2 aromatic carbocycles. The molecule has 6 nitrogen and oxygen atoms in total. The number of aromatic hydroxyl groups is 1. The van der Waals surface area contributed by atoms with Crippen molar-refractivity contribution in [1.82, 2.24) is 10.6 Å². The Labute approximate surface area is 202 Å². The molecule has 1 atom stereocenters. The minimum absolute atomic E-state index is 0. The molecule has 0 aliphatic carbocycles. The van der Waals surface area contributed by atoms with E-state index in [1.807, 2.05) is 12.1 Å². The summed E-state index contributed by atoms with van der Waals surface area (Å²) in [5.74, 6) is 2.49. The molecule has 1 heterocycles. The Morgan fingerprint density at radius 3 is 2.71 bits per heavy atom. The highest BCUT2D eigenvalue weighted by molar-refractivity contribution is 14.0. The maximum Gasteiger partial charge on any atom is 0.191 e. The summed E-state index contributed by atoms with van der Waals surface area (Å²) in [6.45, 7) is 5.87. The van der Waals surface area contributed by atoms with Crippen LogP contribution < -0.4 is 15.4 Å². The number of ether oxygens (including phenoxy) is 2. The lowest BCUT2D eigenvalue weighted by molar-refractivity contribution is 0.166. The van der Waals surface area contributed by atoms with E-state index in [1.165, 1.54) is 11.1 Å². The summed E-state index contributed by atoms with van der Waals surface area (Å²) in [7, 11) is 1.78. The zero-order valence-corrected chi connectivity index (χ0v) is 20.7. The number of phenolic OH excluding ortho intramolecular Hbond substituents is 1. The summed E-state index contributed by atoms with van der Waals surface area (Å²) >= 11 is 0. The van der Waals surface area contributed by atoms with E-state index in [0.29, 0.717) is 24.8 Å². The molecule has 1 saturated heterocycles. The van der Waals surface area contributed by atoms with Crippen LogP contribution in [0.3, 0.4) is 0 Å². The highest BCUT2D eigenvalue weighted by Crippen LogP contribution is 2.22. The van der Waals surface area contributed by atoms with Gasteiger partial charge in [-0.1, -0.05) is 24.3 Å². The minimum Gasteiger partial charge on any atom is -0.508 e. The quantitative estimate of drug-likeness (QED) is 0.194. The second kappa shape index (κ2) is 13.4. The van der Waals surface area contributed by atoms with E-state index in [1.54, 1.807) is 19.2 Å². The molecule has 2 aromatic rings. The largest absolute Gasteiger partial charge is 0.508 e. The molecule has 0 aromatic heterocycles. The Balaban J connectivity index is 0.00000341. The highest BCUT2D eigenvalue weighted by atomic mass is 127. The molecule has 0 amide bonds. The lowest BCUT2D eigenvalue weighted by Crippen LogP contribution is -2.37. The van der Waals surface area contributed by atoms with Gasteiger partial charge in [0, 0.05) is 38.2 Å². The third kappa shape index (κ3) is 8.57. The second-order valence-electron chi connectivity index (χ2n) is 7.77. The fourth-order valence-corrected chi connectivity index (χ4v) is 3.43. The number of nitrogens with one attached hydrogen (secondary N) is 2. The molecule has 1 unspecified atom stereocenters. The van der Waals surface area contributed by atoms with Gasteiger partial charge >= 0.3 is 0 Å². The van der Waals surface area contributed by atoms with Crippen LogP contribution in [0, 0.1) is 12.8 Å². The number of benzene rings is 2. The van der Waals surface area contributed by atoms with Crippen LogP contribution in [-0.4, -0.2) is 44.5 Å². The lowest BCUT2D eigenvalue weighted by atomic mass is 10.1. The Morgan fingerprint density at radius 1 is 1.19 bits per heavy atom. The predicted octanol–water partition coefficient (Wildman–Crippen LogP) is 4.03. The van der Waals surface area contributed by atoms with E-state index in [-0.39, 0.29) is 24.0 Å². The lowest BCUT2D eigenvalue weighted by Gasteiger charge is -2.17. The smallest absolute Gasteiger partial charge is 0.191 e. The van der Waals surface area contributed by atoms with Crippen molar-refractivity contribution in [2.45, 2.75) is 32.7 Å². The number of aryl methyl sites for hydroxylation is 2. The number of rotatable bonds is 9. The first-order valence-corrected chi connectivity index (χ1v) is 10.7. The first-order valence-electron chi connectivity index (χ1n) is 10.7. The van der Waals surface area contributed by atoms with Crippen LogP contribution >= 0.6 is 24.0 Å². The fraction of sp³-hybridized carbons (Fsp3) is 0.458. The van der Waals surface area contributed by atoms with Crippen LogP contribution in [0.5, 0.6) is 11.5 Å². The van der Waals surface area contributed by atoms with E-state index in [4.69, 9.17) is 9.47 Å². The van der Waals surface area contributed by atoms with E-state index >= 15 is 0 Å². The second-order valence-corrected chi connectivity index (χ2v) is 7.77. The van der Waals surface area contributed by atoms with Gasteiger partial charge in [0.25, 0.3) is 0 Å². The van der Waals surface area contributed by atoms with Crippen molar-refractivity contribution >= 4 is 29.9 Å². The standard InChI is InChI=1S/C24H33N3O3.HI/c1-18-5-8-21(23(14-18)30-17-20-11-13-29-16-20)15-27-24(25-2)26-12-3-4-19-6-9-22(28)10-7-19;/h5-10,14,20,28H,3-4,11-13,15-17H2,1-2H3,(H2,25,26,27);1H. The average molecular weight is 539 g/mol. The summed E-state index contributed by atoms with van der Waals surface area (Å²) in [5, 5.41) is 16.1. The molecule has 31 heavy (non-hydrogen) atoms. The van der Waals surface area contributed by atoms with Crippen molar-refractivity contribution in [2.75, 3.05) is 33.4 Å². The van der Waals surface area contributed by atoms with Gasteiger partial charge in [0.2, 0.25) is 0 Å². The van der Waals surface area contributed by atoms with E-state index in [9.17, 15) is 5.11 Å². The monoisotopic (exact) mass is 539 g/mol. The van der Waals surface area contributed by atoms with Gasteiger partial charge in [-0.25, -0.2) is 0 Å². The molecule has 1 fully saturated rings. The van der Waals surface area contributed by atoms with Crippen molar-refractivity contribution in [1.29, 1.82) is 0 Å². The molecule has 0 saturated carbocycles. The van der Waals surface area contributed by atoms with Crippen LogP contribution in [-0.2, 0) is 17.7 Å². The van der Waals surface area contributed by atoms with Crippen LogP contribution in [0.25, 0.3) is 0 Å². The van der Waals surface area contributed by atoms with E-state index in [2.05, 4.69) is 40.7 Å². The van der Waals surface area contributed by atoms with Gasteiger partial charge in [-0.3, -0.25) is 4.99 Å². The molecule has 0 spiro atoms. The summed E-state index contributed by atoms with van der Waals surface area (Å²) < 4.78 is 11.6. The number of hydrogen-bond acceptors (Lipinski definition) is 4. The molecule has 7 heteroatoms. The minimum atomic E-state index is 0. The van der Waals surface area contributed by atoms with Crippen LogP contribution in [0.2, 0.25) is 0 Å². The maximum absolute atomic E-state index is 9.36. The normalized spacial score (nSPS) is 15.9. The molecule has 1 aliphatic rings. The van der Waals surface area contributed by atoms with Crippen LogP contribution in [0.4, 0.5) is 0 Å². The number of hydrogen-bond donors (Lipinski definition) is 3. The van der Waals surface area contributed by atoms with E-state index in [0.717, 1.165) is 56.3 Å². The van der Waals surface area contributed by atoms with Crippen molar-refractivity contribution < 1.29 is 14.6 Å². The average Bonchev–Trinajstić information content (AvgIpc) is 3.27. The number of nitrogens with zero attached hydrogens (tertiary/aromatic N) is 1. The predicted molar refractivity (Wildman–Crippen MR) is 136 cm³/mol. The topological polar surface area (TPSA) is 75.1 Å². The van der Waals surface area contributed by atoms with Crippen molar-refractivity contribution in [3.63, 3.8) is 0 Å². The molecular formula is C24H34IN3O3. The van der Waals surface area contributed by atoms with Crippen molar-refractivity contribution in [2.24, 2.45) is 10.9 Å². The van der Waals surface area contributed by atoms with Gasteiger partial charge < -0.3 is 25.2 Å². The van der Waals surface area contributed by atoms with Gasteiger partial charge in [-0.2, -0.15) is 0 Å². The Kier molecular flexibility index (Phi) is 10.9. The Bertz CT molecular complexity index is 821. The molecule has 0 bridgehead atoms. The third-order valence-electron chi connectivity index (χ3n) is 5.26. The summed E-state index contributed by atoms with van der Waals surface area (Å²) in [5.41, 5.74) is 3.52. The number of guanidine groups is 1. The first kappa shape index (κ1) is 25.3. The molecule has 1 aliphatic heterocycles. The molecule has 0 radical (unpaired) electrons. The Morgan fingerprint density at radius 2 is 2.00 bits per heavy atom.